The molecular weight excluding hydrogens is 274 g/mol. The van der Waals surface area contributed by atoms with Crippen molar-refractivity contribution in [2.75, 3.05) is 11.9 Å². The largest absolute Gasteiger partial charge is 0.467 e. The summed E-state index contributed by atoms with van der Waals surface area (Å²) in [5.41, 5.74) is -0.182. The van der Waals surface area contributed by atoms with Crippen molar-refractivity contribution in [1.82, 2.24) is 10.5 Å². The van der Waals surface area contributed by atoms with Crippen molar-refractivity contribution in [1.29, 1.82) is 0 Å². The highest BCUT2D eigenvalue weighted by Gasteiger charge is 2.20. The molecule has 0 radical (unpaired) electrons. The van der Waals surface area contributed by atoms with Gasteiger partial charge in [0.1, 0.15) is 17.6 Å². The average Bonchev–Trinajstić information content (AvgIpc) is 3.05. The number of aliphatic hydroxyl groups is 1. The highest BCUT2D eigenvalue weighted by Crippen LogP contribution is 2.24. The van der Waals surface area contributed by atoms with Gasteiger partial charge in [-0.25, -0.2) is 4.79 Å². The summed E-state index contributed by atoms with van der Waals surface area (Å²) in [4.78, 5) is 11.7. The van der Waals surface area contributed by atoms with Gasteiger partial charge < -0.3 is 19.4 Å². The summed E-state index contributed by atoms with van der Waals surface area (Å²) in [7, 11) is 0. The number of hydrogen-bond acceptors (Lipinski definition) is 5. The monoisotopic (exact) mass is 293 g/mol. The van der Waals surface area contributed by atoms with E-state index in [1.54, 1.807) is 18.2 Å². The number of nitrogens with one attached hydrogen (secondary N) is 2. The third kappa shape index (κ3) is 4.09. The maximum absolute atomic E-state index is 11.7. The molecular formula is C14H19N3O4. The molecule has 3 N–H and O–H groups in total. The van der Waals surface area contributed by atoms with Gasteiger partial charge in [-0.1, -0.05) is 25.9 Å². The number of amides is 2. The lowest BCUT2D eigenvalue weighted by Crippen LogP contribution is -2.32. The van der Waals surface area contributed by atoms with E-state index in [1.807, 2.05) is 20.8 Å². The fourth-order valence-electron chi connectivity index (χ4n) is 1.62. The van der Waals surface area contributed by atoms with Crippen LogP contribution in [0.2, 0.25) is 0 Å². The van der Waals surface area contributed by atoms with Crippen LogP contribution in [-0.4, -0.2) is 22.8 Å². The molecule has 2 rings (SSSR count). The number of rotatable bonds is 4. The number of carbonyl (C=O) groups excluding carboxylic acids is 1. The highest BCUT2D eigenvalue weighted by atomic mass is 16.5. The molecule has 1 atom stereocenters. The van der Waals surface area contributed by atoms with Crippen LogP contribution in [0.1, 0.15) is 38.4 Å². The Balaban J connectivity index is 1.83. The van der Waals surface area contributed by atoms with E-state index >= 15 is 0 Å². The number of aliphatic hydroxyl groups excluding tert-OH is 1. The zero-order chi connectivity index (χ0) is 15.5. The van der Waals surface area contributed by atoms with Crippen LogP contribution in [0.3, 0.4) is 0 Å². The van der Waals surface area contributed by atoms with Gasteiger partial charge in [0.25, 0.3) is 0 Å². The first-order valence-electron chi connectivity index (χ1n) is 6.60. The van der Waals surface area contributed by atoms with Crippen LogP contribution in [0.15, 0.2) is 33.4 Å². The van der Waals surface area contributed by atoms with E-state index in [2.05, 4.69) is 15.8 Å². The van der Waals surface area contributed by atoms with Gasteiger partial charge in [-0.2, -0.15) is 0 Å². The lowest BCUT2D eigenvalue weighted by molar-refractivity contribution is 0.149. The Bertz CT molecular complexity index is 584. The Kier molecular flexibility index (Phi) is 4.32. The Hall–Kier alpha value is -2.28. The molecule has 7 heteroatoms. The summed E-state index contributed by atoms with van der Waals surface area (Å²) < 4.78 is 10.2. The van der Waals surface area contributed by atoms with Gasteiger partial charge in [-0.15, -0.1) is 0 Å². The van der Waals surface area contributed by atoms with Crippen molar-refractivity contribution in [2.45, 2.75) is 32.3 Å². The van der Waals surface area contributed by atoms with Crippen molar-refractivity contribution in [2.24, 2.45) is 0 Å². The maximum atomic E-state index is 11.7. The molecule has 0 saturated carbocycles. The molecule has 0 spiro atoms. The van der Waals surface area contributed by atoms with Gasteiger partial charge in [-0.05, 0) is 12.1 Å². The number of hydrogen-bond donors (Lipinski definition) is 3. The lowest BCUT2D eigenvalue weighted by Gasteiger charge is -2.12. The molecule has 7 nitrogen and oxygen atoms in total. The van der Waals surface area contributed by atoms with Crippen LogP contribution in [0.4, 0.5) is 10.6 Å². The van der Waals surface area contributed by atoms with Crippen LogP contribution >= 0.6 is 0 Å². The second kappa shape index (κ2) is 6.01. The van der Waals surface area contributed by atoms with E-state index in [1.165, 1.54) is 6.26 Å². The third-order valence-corrected chi connectivity index (χ3v) is 2.82. The number of anilines is 1. The molecule has 2 aromatic rings. The van der Waals surface area contributed by atoms with Gasteiger partial charge in [-0.3, -0.25) is 5.32 Å². The molecule has 0 aliphatic heterocycles. The van der Waals surface area contributed by atoms with E-state index in [4.69, 9.17) is 8.94 Å². The van der Waals surface area contributed by atoms with E-state index in [0.717, 1.165) is 0 Å². The van der Waals surface area contributed by atoms with Crippen molar-refractivity contribution in [3.63, 3.8) is 0 Å². The Morgan fingerprint density at radius 2 is 2.24 bits per heavy atom. The van der Waals surface area contributed by atoms with Crippen molar-refractivity contribution in [3.05, 3.63) is 36.0 Å². The van der Waals surface area contributed by atoms with Crippen molar-refractivity contribution >= 4 is 11.8 Å². The minimum absolute atomic E-state index is 0.0311. The Morgan fingerprint density at radius 3 is 2.81 bits per heavy atom. The third-order valence-electron chi connectivity index (χ3n) is 2.82. The minimum atomic E-state index is -0.895. The number of furan rings is 1. The quantitative estimate of drug-likeness (QED) is 0.803. The molecule has 0 aliphatic rings. The van der Waals surface area contributed by atoms with Gasteiger partial charge in [0, 0.05) is 11.5 Å². The Morgan fingerprint density at radius 1 is 1.48 bits per heavy atom. The van der Waals surface area contributed by atoms with E-state index in [-0.39, 0.29) is 12.0 Å². The average molecular weight is 293 g/mol. The summed E-state index contributed by atoms with van der Waals surface area (Å²) >= 11 is 0. The van der Waals surface area contributed by atoms with Crippen molar-refractivity contribution in [3.8, 4) is 0 Å². The number of carbonyl (C=O) groups is 1. The number of aromatic nitrogens is 1. The predicted molar refractivity (Wildman–Crippen MR) is 75.9 cm³/mol. The van der Waals surface area contributed by atoms with Crippen LogP contribution in [0, 0.1) is 0 Å². The first-order valence-corrected chi connectivity index (χ1v) is 6.60. The van der Waals surface area contributed by atoms with Gasteiger partial charge >= 0.3 is 6.03 Å². The SMILES string of the molecule is CC(C)(C)c1cc(NC(=O)NCC(O)c2ccco2)no1. The van der Waals surface area contributed by atoms with E-state index < -0.39 is 12.1 Å². The molecule has 0 saturated heterocycles. The molecule has 114 valence electrons. The van der Waals surface area contributed by atoms with Crippen molar-refractivity contribution < 1.29 is 18.8 Å². The second-order valence-electron chi connectivity index (χ2n) is 5.69. The van der Waals surface area contributed by atoms with E-state index in [0.29, 0.717) is 17.3 Å². The lowest BCUT2D eigenvalue weighted by atomic mass is 9.93. The summed E-state index contributed by atoms with van der Waals surface area (Å²) in [6, 6.07) is 4.50. The molecule has 2 amide bonds. The van der Waals surface area contributed by atoms with Crippen LogP contribution < -0.4 is 10.6 Å². The maximum Gasteiger partial charge on any atom is 0.320 e. The Labute approximate surface area is 122 Å². The molecule has 0 aromatic carbocycles. The normalized spacial score (nSPS) is 13.0. The van der Waals surface area contributed by atoms with Gasteiger partial charge in [0.15, 0.2) is 5.82 Å². The summed E-state index contributed by atoms with van der Waals surface area (Å²) in [5, 5.41) is 18.6. The predicted octanol–water partition coefficient (Wildman–Crippen LogP) is 2.42. The topological polar surface area (TPSA) is 101 Å². The summed E-state index contributed by atoms with van der Waals surface area (Å²) in [6.07, 6.45) is 0.565. The standard InChI is InChI=1S/C14H19N3O4/c1-14(2,3)11-7-12(17-21-11)16-13(19)15-8-9(18)10-5-4-6-20-10/h4-7,9,18H,8H2,1-3H3,(H2,15,16,17,19). The molecule has 21 heavy (non-hydrogen) atoms. The second-order valence-corrected chi connectivity index (χ2v) is 5.69. The zero-order valence-electron chi connectivity index (χ0n) is 12.2. The van der Waals surface area contributed by atoms with Gasteiger partial charge in [0.2, 0.25) is 0 Å². The molecule has 2 aromatic heterocycles. The smallest absolute Gasteiger partial charge is 0.320 e. The molecule has 1 unspecified atom stereocenters. The molecule has 0 aliphatic carbocycles. The number of urea groups is 1. The molecule has 0 fully saturated rings. The molecule has 2 heterocycles. The number of nitrogens with zero attached hydrogens (tertiary/aromatic N) is 1. The summed E-state index contributed by atoms with van der Waals surface area (Å²) in [5.74, 6) is 1.39. The van der Waals surface area contributed by atoms with Crippen LogP contribution in [-0.2, 0) is 5.41 Å². The summed E-state index contributed by atoms with van der Waals surface area (Å²) in [6.45, 7) is 5.98. The van der Waals surface area contributed by atoms with Gasteiger partial charge in [0.05, 0.1) is 12.8 Å². The molecule has 0 bridgehead atoms. The first kappa shape index (κ1) is 15.1. The fraction of sp³-hybridized carbons (Fsp3) is 0.429. The van der Waals surface area contributed by atoms with Crippen LogP contribution in [0.5, 0.6) is 0 Å². The minimum Gasteiger partial charge on any atom is -0.467 e. The zero-order valence-corrected chi connectivity index (χ0v) is 12.2. The van der Waals surface area contributed by atoms with E-state index in [9.17, 15) is 9.90 Å². The first-order chi connectivity index (χ1) is 9.86. The van der Waals surface area contributed by atoms with Crippen LogP contribution in [0.25, 0.3) is 0 Å². The fourth-order valence-corrected chi connectivity index (χ4v) is 1.62. The highest BCUT2D eigenvalue weighted by molar-refractivity contribution is 5.88.